The van der Waals surface area contributed by atoms with E-state index in [1.165, 1.54) is 0 Å². The summed E-state index contributed by atoms with van der Waals surface area (Å²) in [5, 5.41) is 0. The first kappa shape index (κ1) is 11.7. The van der Waals surface area contributed by atoms with E-state index in [-0.39, 0.29) is 0 Å². The molecule has 0 aliphatic heterocycles. The van der Waals surface area contributed by atoms with Crippen molar-refractivity contribution in [2.45, 2.75) is 27.3 Å². The molecule has 1 rings (SSSR count). The maximum absolute atomic E-state index is 5.67. The van der Waals surface area contributed by atoms with Gasteiger partial charge in [-0.25, -0.2) is 4.98 Å². The van der Waals surface area contributed by atoms with Crippen LogP contribution in [0.3, 0.4) is 0 Å². The van der Waals surface area contributed by atoms with Gasteiger partial charge < -0.3 is 10.5 Å². The van der Waals surface area contributed by atoms with Crippen LogP contribution in [0, 0.1) is 13.8 Å². The molecule has 0 aromatic carbocycles. The van der Waals surface area contributed by atoms with E-state index in [0.717, 1.165) is 16.8 Å². The number of aromatic nitrogens is 1. The molecule has 1 heterocycles. The Morgan fingerprint density at radius 3 is 2.80 bits per heavy atom. The number of hydrogen-bond donors (Lipinski definition) is 1. The van der Waals surface area contributed by atoms with Gasteiger partial charge in [-0.15, -0.1) is 0 Å². The molecule has 82 valence electrons. The monoisotopic (exact) mass is 206 g/mol. The summed E-state index contributed by atoms with van der Waals surface area (Å²) in [6, 6.07) is 2.02. The Kier molecular flexibility index (Phi) is 4.31. The zero-order chi connectivity index (χ0) is 11.3. The quantitative estimate of drug-likeness (QED) is 0.767. The summed E-state index contributed by atoms with van der Waals surface area (Å²) < 4.78 is 5.55. The Hall–Kier alpha value is -1.35. The van der Waals surface area contributed by atoms with Gasteiger partial charge in [0.15, 0.2) is 0 Å². The molecular formula is C12H18N2O. The van der Waals surface area contributed by atoms with E-state index in [0.29, 0.717) is 19.0 Å². The predicted octanol–water partition coefficient (Wildman–Crippen LogP) is 2.11. The van der Waals surface area contributed by atoms with Crippen molar-refractivity contribution in [3.8, 4) is 5.88 Å². The lowest BCUT2D eigenvalue weighted by atomic mass is 10.1. The summed E-state index contributed by atoms with van der Waals surface area (Å²) in [6.07, 6.45) is 3.89. The van der Waals surface area contributed by atoms with E-state index in [1.54, 1.807) is 0 Å². The number of nitrogens with zero attached hydrogens (tertiary/aromatic N) is 1. The first-order valence-electron chi connectivity index (χ1n) is 5.10. The van der Waals surface area contributed by atoms with Gasteiger partial charge in [-0.05, 0) is 32.4 Å². The summed E-state index contributed by atoms with van der Waals surface area (Å²) in [4.78, 5) is 4.34. The van der Waals surface area contributed by atoms with E-state index in [1.807, 2.05) is 39.0 Å². The Labute approximate surface area is 91.0 Å². The molecule has 0 saturated heterocycles. The van der Waals surface area contributed by atoms with Gasteiger partial charge in [0, 0.05) is 17.8 Å². The van der Waals surface area contributed by atoms with Crippen molar-refractivity contribution < 1.29 is 4.74 Å². The summed E-state index contributed by atoms with van der Waals surface area (Å²) in [7, 11) is 0. The third kappa shape index (κ3) is 3.06. The minimum Gasteiger partial charge on any atom is -0.473 e. The number of pyridine rings is 1. The summed E-state index contributed by atoms with van der Waals surface area (Å²) in [5.74, 6) is 0.660. The van der Waals surface area contributed by atoms with Crippen LogP contribution in [0.4, 0.5) is 0 Å². The minimum absolute atomic E-state index is 0.463. The van der Waals surface area contributed by atoms with Crippen LogP contribution >= 0.6 is 0 Å². The van der Waals surface area contributed by atoms with Crippen LogP contribution in [-0.2, 0) is 6.54 Å². The lowest BCUT2D eigenvalue weighted by molar-refractivity contribution is 0.343. The Morgan fingerprint density at radius 2 is 2.20 bits per heavy atom. The SMILES string of the molecule is CC=CCOc1nc(C)cc(C)c1CN. The number of ether oxygens (including phenoxy) is 1. The molecule has 0 radical (unpaired) electrons. The second-order valence-electron chi connectivity index (χ2n) is 3.45. The van der Waals surface area contributed by atoms with Crippen LogP contribution in [0.1, 0.15) is 23.7 Å². The largest absolute Gasteiger partial charge is 0.473 e. The molecular weight excluding hydrogens is 188 g/mol. The summed E-state index contributed by atoms with van der Waals surface area (Å²) in [6.45, 7) is 6.95. The lowest BCUT2D eigenvalue weighted by Gasteiger charge is -2.11. The number of hydrogen-bond acceptors (Lipinski definition) is 3. The third-order valence-corrected chi connectivity index (χ3v) is 2.19. The van der Waals surface area contributed by atoms with Crippen LogP contribution < -0.4 is 10.5 Å². The Balaban J connectivity index is 2.93. The zero-order valence-corrected chi connectivity index (χ0v) is 9.58. The molecule has 0 amide bonds. The summed E-state index contributed by atoms with van der Waals surface area (Å²) in [5.41, 5.74) is 8.76. The molecule has 0 saturated carbocycles. The summed E-state index contributed by atoms with van der Waals surface area (Å²) >= 11 is 0. The van der Waals surface area contributed by atoms with Gasteiger partial charge in [0.1, 0.15) is 6.61 Å². The maximum atomic E-state index is 5.67. The highest BCUT2D eigenvalue weighted by molar-refractivity contribution is 5.35. The maximum Gasteiger partial charge on any atom is 0.218 e. The molecule has 0 bridgehead atoms. The van der Waals surface area contributed by atoms with E-state index in [2.05, 4.69) is 4.98 Å². The van der Waals surface area contributed by atoms with E-state index >= 15 is 0 Å². The van der Waals surface area contributed by atoms with Crippen LogP contribution in [0.5, 0.6) is 5.88 Å². The van der Waals surface area contributed by atoms with Gasteiger partial charge in [0.2, 0.25) is 5.88 Å². The van der Waals surface area contributed by atoms with Gasteiger partial charge in [0.25, 0.3) is 0 Å². The van der Waals surface area contributed by atoms with Crippen molar-refractivity contribution >= 4 is 0 Å². The molecule has 0 fully saturated rings. The number of allylic oxidation sites excluding steroid dienone is 1. The highest BCUT2D eigenvalue weighted by Crippen LogP contribution is 2.20. The van der Waals surface area contributed by atoms with Gasteiger partial charge in [-0.2, -0.15) is 0 Å². The van der Waals surface area contributed by atoms with E-state index in [4.69, 9.17) is 10.5 Å². The molecule has 3 nitrogen and oxygen atoms in total. The van der Waals surface area contributed by atoms with Crippen LogP contribution in [0.25, 0.3) is 0 Å². The molecule has 2 N–H and O–H groups in total. The normalized spacial score (nSPS) is 10.9. The second-order valence-corrected chi connectivity index (χ2v) is 3.45. The van der Waals surface area contributed by atoms with E-state index < -0.39 is 0 Å². The zero-order valence-electron chi connectivity index (χ0n) is 9.58. The molecule has 1 aromatic rings. The minimum atomic E-state index is 0.463. The van der Waals surface area contributed by atoms with Crippen molar-refractivity contribution in [2.75, 3.05) is 6.61 Å². The fraction of sp³-hybridized carbons (Fsp3) is 0.417. The van der Waals surface area contributed by atoms with Crippen molar-refractivity contribution in [1.29, 1.82) is 0 Å². The average molecular weight is 206 g/mol. The van der Waals surface area contributed by atoms with Crippen molar-refractivity contribution in [3.63, 3.8) is 0 Å². The van der Waals surface area contributed by atoms with Crippen molar-refractivity contribution in [1.82, 2.24) is 4.98 Å². The number of aryl methyl sites for hydroxylation is 2. The number of rotatable bonds is 4. The lowest BCUT2D eigenvalue weighted by Crippen LogP contribution is -2.07. The first-order chi connectivity index (χ1) is 7.19. The highest BCUT2D eigenvalue weighted by Gasteiger charge is 2.07. The molecule has 0 atom stereocenters. The predicted molar refractivity (Wildman–Crippen MR) is 61.9 cm³/mol. The van der Waals surface area contributed by atoms with Crippen LogP contribution in [-0.4, -0.2) is 11.6 Å². The third-order valence-electron chi connectivity index (χ3n) is 2.19. The standard InChI is InChI=1S/C12H18N2O/c1-4-5-6-15-12-11(8-13)9(2)7-10(3)14-12/h4-5,7H,6,8,13H2,1-3H3. The smallest absolute Gasteiger partial charge is 0.218 e. The molecule has 15 heavy (non-hydrogen) atoms. The van der Waals surface area contributed by atoms with Crippen LogP contribution in [0.15, 0.2) is 18.2 Å². The molecule has 0 aliphatic rings. The van der Waals surface area contributed by atoms with Gasteiger partial charge in [-0.3, -0.25) is 0 Å². The van der Waals surface area contributed by atoms with Gasteiger partial charge >= 0.3 is 0 Å². The molecule has 0 aliphatic carbocycles. The van der Waals surface area contributed by atoms with Crippen molar-refractivity contribution in [3.05, 3.63) is 35.0 Å². The molecule has 0 spiro atoms. The Morgan fingerprint density at radius 1 is 1.47 bits per heavy atom. The fourth-order valence-electron chi connectivity index (χ4n) is 1.42. The topological polar surface area (TPSA) is 48.1 Å². The van der Waals surface area contributed by atoms with E-state index in [9.17, 15) is 0 Å². The average Bonchev–Trinajstić information content (AvgIpc) is 2.17. The van der Waals surface area contributed by atoms with Gasteiger partial charge in [-0.1, -0.05) is 12.2 Å². The Bertz CT molecular complexity index is 359. The fourth-order valence-corrected chi connectivity index (χ4v) is 1.42. The second kappa shape index (κ2) is 5.51. The highest BCUT2D eigenvalue weighted by atomic mass is 16.5. The van der Waals surface area contributed by atoms with Crippen molar-refractivity contribution in [2.24, 2.45) is 5.73 Å². The molecule has 0 unspecified atom stereocenters. The number of nitrogens with two attached hydrogens (primary N) is 1. The molecule has 1 aromatic heterocycles. The first-order valence-corrected chi connectivity index (χ1v) is 5.10. The van der Waals surface area contributed by atoms with Gasteiger partial charge in [0.05, 0.1) is 0 Å². The van der Waals surface area contributed by atoms with Crippen LogP contribution in [0.2, 0.25) is 0 Å². The molecule has 3 heteroatoms.